The first-order valence-corrected chi connectivity index (χ1v) is 17.1. The second kappa shape index (κ2) is 11.2. The minimum absolute atomic E-state index is 0.0961. The predicted octanol–water partition coefficient (Wildman–Crippen LogP) is 12.1. The van der Waals surface area contributed by atoms with Gasteiger partial charge in [0, 0.05) is 36.6 Å². The van der Waals surface area contributed by atoms with E-state index < -0.39 is 0 Å². The van der Waals surface area contributed by atoms with Crippen molar-refractivity contribution in [3.8, 4) is 39.1 Å². The molecule has 9 aromatic rings. The molecule has 0 unspecified atom stereocenters. The quantitative estimate of drug-likeness (QED) is 0.177. The standard InChI is InChI=1S/C45H31NOS/c1-28-23-34(30-11-5-3-6-12-30)26-38-39-27-35(31-13-7-4-8-14-31)24-29(2)44(39)46(43(28)38)36-20-17-32(18-21-36)33-19-22-42-40(25-33)45(47)37-15-9-10-16-41(37)48-42/h3-27H,1-2H3. The molecule has 0 fully saturated rings. The van der Waals surface area contributed by atoms with Crippen LogP contribution < -0.4 is 5.43 Å². The minimum atomic E-state index is 0.0961. The summed E-state index contributed by atoms with van der Waals surface area (Å²) in [5.41, 5.74) is 13.1. The number of hydrogen-bond acceptors (Lipinski definition) is 2. The zero-order valence-corrected chi connectivity index (χ0v) is 27.5. The predicted molar refractivity (Wildman–Crippen MR) is 206 cm³/mol. The van der Waals surface area contributed by atoms with E-state index in [0.29, 0.717) is 0 Å². The van der Waals surface area contributed by atoms with Crippen LogP contribution in [0.2, 0.25) is 0 Å². The van der Waals surface area contributed by atoms with Crippen LogP contribution in [-0.4, -0.2) is 4.57 Å². The van der Waals surface area contributed by atoms with Crippen LogP contribution in [0.25, 0.3) is 81.0 Å². The third-order valence-corrected chi connectivity index (χ3v) is 10.7. The molecule has 0 spiro atoms. The number of aromatic nitrogens is 1. The summed E-state index contributed by atoms with van der Waals surface area (Å²) in [7, 11) is 0. The normalized spacial score (nSPS) is 11.6. The molecule has 0 aliphatic rings. The van der Waals surface area contributed by atoms with Crippen molar-refractivity contribution in [2.24, 2.45) is 0 Å². The van der Waals surface area contributed by atoms with Crippen LogP contribution in [0.1, 0.15) is 11.1 Å². The van der Waals surface area contributed by atoms with Gasteiger partial charge in [-0.25, -0.2) is 0 Å². The van der Waals surface area contributed by atoms with Crippen LogP contribution in [-0.2, 0) is 0 Å². The van der Waals surface area contributed by atoms with Crippen LogP contribution in [0.4, 0.5) is 0 Å². The molecule has 0 atom stereocenters. The molecule has 2 aromatic heterocycles. The number of nitrogens with zero attached hydrogens (tertiary/aromatic N) is 1. The largest absolute Gasteiger partial charge is 0.309 e. The van der Waals surface area contributed by atoms with Gasteiger partial charge in [-0.05, 0) is 119 Å². The average molecular weight is 634 g/mol. The second-order valence-corrected chi connectivity index (χ2v) is 13.7. The van der Waals surface area contributed by atoms with E-state index in [-0.39, 0.29) is 5.43 Å². The molecular weight excluding hydrogens is 603 g/mol. The van der Waals surface area contributed by atoms with Gasteiger partial charge in [0.05, 0.1) is 11.0 Å². The van der Waals surface area contributed by atoms with Crippen LogP contribution in [0.3, 0.4) is 0 Å². The van der Waals surface area contributed by atoms with E-state index in [1.165, 1.54) is 55.2 Å². The molecule has 3 heteroatoms. The van der Waals surface area contributed by atoms with Gasteiger partial charge in [0.1, 0.15) is 0 Å². The number of benzene rings is 7. The summed E-state index contributed by atoms with van der Waals surface area (Å²) in [5.74, 6) is 0. The van der Waals surface area contributed by atoms with Gasteiger partial charge in [-0.1, -0.05) is 91.0 Å². The van der Waals surface area contributed by atoms with Crippen molar-refractivity contribution in [2.75, 3.05) is 0 Å². The fourth-order valence-electron chi connectivity index (χ4n) is 7.31. The molecule has 48 heavy (non-hydrogen) atoms. The lowest BCUT2D eigenvalue weighted by Gasteiger charge is -2.13. The molecule has 2 heterocycles. The lowest BCUT2D eigenvalue weighted by Crippen LogP contribution is -2.01. The molecule has 0 saturated heterocycles. The highest BCUT2D eigenvalue weighted by molar-refractivity contribution is 7.24. The van der Waals surface area contributed by atoms with Crippen molar-refractivity contribution in [1.82, 2.24) is 4.57 Å². The molecule has 0 aliphatic heterocycles. The fourth-order valence-corrected chi connectivity index (χ4v) is 8.37. The lowest BCUT2D eigenvalue weighted by molar-refractivity contribution is 1.16. The molecular formula is C45H31NOS. The summed E-state index contributed by atoms with van der Waals surface area (Å²) in [6.07, 6.45) is 0. The fraction of sp³-hybridized carbons (Fsp3) is 0.0444. The zero-order chi connectivity index (χ0) is 32.4. The summed E-state index contributed by atoms with van der Waals surface area (Å²) >= 11 is 1.67. The molecule has 2 nitrogen and oxygen atoms in total. The number of hydrogen-bond donors (Lipinski definition) is 0. The van der Waals surface area contributed by atoms with Crippen molar-refractivity contribution in [2.45, 2.75) is 13.8 Å². The Bertz CT molecular complexity index is 2630. The number of rotatable bonds is 4. The maximum Gasteiger partial charge on any atom is 0.195 e. The molecule has 0 N–H and O–H groups in total. The number of fused-ring (bicyclic) bond motifs is 5. The van der Waals surface area contributed by atoms with Gasteiger partial charge in [0.25, 0.3) is 0 Å². The van der Waals surface area contributed by atoms with Crippen LogP contribution in [0, 0.1) is 13.8 Å². The van der Waals surface area contributed by atoms with Gasteiger partial charge in [-0.2, -0.15) is 0 Å². The molecule has 0 aliphatic carbocycles. The Kier molecular flexibility index (Phi) is 6.63. The highest BCUT2D eigenvalue weighted by Crippen LogP contribution is 2.41. The van der Waals surface area contributed by atoms with Crippen molar-refractivity contribution in [1.29, 1.82) is 0 Å². The minimum Gasteiger partial charge on any atom is -0.309 e. The average Bonchev–Trinajstić information content (AvgIpc) is 3.48. The second-order valence-electron chi connectivity index (χ2n) is 12.6. The van der Waals surface area contributed by atoms with Gasteiger partial charge in [0.15, 0.2) is 5.43 Å². The van der Waals surface area contributed by atoms with E-state index in [1.807, 2.05) is 24.3 Å². The first-order valence-electron chi connectivity index (χ1n) is 16.3. The van der Waals surface area contributed by atoms with E-state index in [4.69, 9.17) is 0 Å². The van der Waals surface area contributed by atoms with Crippen molar-refractivity contribution < 1.29 is 0 Å². The molecule has 0 bridgehead atoms. The highest BCUT2D eigenvalue weighted by atomic mass is 32.1. The third-order valence-electron chi connectivity index (χ3n) is 9.59. The summed E-state index contributed by atoms with van der Waals surface area (Å²) in [5, 5.41) is 4.06. The summed E-state index contributed by atoms with van der Waals surface area (Å²) in [6.45, 7) is 4.46. The Morgan fingerprint density at radius 3 is 1.50 bits per heavy atom. The SMILES string of the molecule is Cc1cc(-c2ccccc2)cc2c3cc(-c4ccccc4)cc(C)c3n(-c3ccc(-c4ccc5sc6ccccc6c(=O)c5c4)cc3)c12. The zero-order valence-electron chi connectivity index (χ0n) is 26.7. The van der Waals surface area contributed by atoms with Crippen LogP contribution in [0.5, 0.6) is 0 Å². The molecule has 7 aromatic carbocycles. The third kappa shape index (κ3) is 4.58. The maximum absolute atomic E-state index is 13.4. The smallest absolute Gasteiger partial charge is 0.195 e. The Morgan fingerprint density at radius 1 is 0.417 bits per heavy atom. The maximum atomic E-state index is 13.4. The van der Waals surface area contributed by atoms with Crippen LogP contribution >= 0.6 is 11.3 Å². The molecule has 0 amide bonds. The summed E-state index contributed by atoms with van der Waals surface area (Å²) < 4.78 is 4.47. The Labute approximate surface area is 282 Å². The Hall–Kier alpha value is -5.77. The van der Waals surface area contributed by atoms with E-state index in [1.54, 1.807) is 11.3 Å². The first-order chi connectivity index (χ1) is 23.5. The van der Waals surface area contributed by atoms with Gasteiger partial charge >= 0.3 is 0 Å². The van der Waals surface area contributed by atoms with Crippen molar-refractivity contribution in [3.63, 3.8) is 0 Å². The highest BCUT2D eigenvalue weighted by Gasteiger charge is 2.19. The van der Waals surface area contributed by atoms with Crippen LogP contribution in [0.15, 0.2) is 156 Å². The molecule has 0 saturated carbocycles. The van der Waals surface area contributed by atoms with Crippen molar-refractivity contribution >= 4 is 53.3 Å². The van der Waals surface area contributed by atoms with Crippen molar-refractivity contribution in [3.05, 3.63) is 173 Å². The molecule has 0 radical (unpaired) electrons. The molecule has 228 valence electrons. The van der Waals surface area contributed by atoms with E-state index >= 15 is 0 Å². The molecule has 9 rings (SSSR count). The lowest BCUT2D eigenvalue weighted by atomic mass is 9.97. The van der Waals surface area contributed by atoms with E-state index in [2.05, 4.69) is 146 Å². The Morgan fingerprint density at radius 2 is 0.896 bits per heavy atom. The topological polar surface area (TPSA) is 22.0 Å². The van der Waals surface area contributed by atoms with E-state index in [9.17, 15) is 4.79 Å². The van der Waals surface area contributed by atoms with Gasteiger partial charge < -0.3 is 4.57 Å². The summed E-state index contributed by atoms with van der Waals surface area (Å²) in [4.78, 5) is 13.4. The van der Waals surface area contributed by atoms with Gasteiger partial charge in [-0.15, -0.1) is 11.3 Å². The first kappa shape index (κ1) is 28.5. The van der Waals surface area contributed by atoms with Gasteiger partial charge in [-0.3, -0.25) is 4.79 Å². The summed E-state index contributed by atoms with van der Waals surface area (Å²) in [6, 6.07) is 53.6. The monoisotopic (exact) mass is 633 g/mol. The Balaban J connectivity index is 1.23. The van der Waals surface area contributed by atoms with E-state index in [0.717, 1.165) is 37.0 Å². The van der Waals surface area contributed by atoms with Gasteiger partial charge in [0.2, 0.25) is 0 Å². The number of aryl methyl sites for hydroxylation is 2.